The van der Waals surface area contributed by atoms with Gasteiger partial charge in [-0.3, -0.25) is 0 Å². The molecule has 0 aromatic rings. The van der Waals surface area contributed by atoms with Crippen molar-refractivity contribution in [1.29, 1.82) is 0 Å². The van der Waals surface area contributed by atoms with Crippen molar-refractivity contribution in [2.75, 3.05) is 0 Å². The van der Waals surface area contributed by atoms with Gasteiger partial charge in [0.2, 0.25) is 0 Å². The zero-order chi connectivity index (χ0) is 10.2. The molecule has 1 aliphatic heterocycles. The largest absolute Gasteiger partial charge is 0.364 e. The van der Waals surface area contributed by atoms with Crippen LogP contribution in [0.1, 0.15) is 52.4 Å². The van der Waals surface area contributed by atoms with Crippen LogP contribution in [0.5, 0.6) is 0 Å². The third-order valence-corrected chi connectivity index (χ3v) is 3.42. The van der Waals surface area contributed by atoms with E-state index in [2.05, 4.69) is 30.8 Å². The lowest BCUT2D eigenvalue weighted by Crippen LogP contribution is -2.10. The van der Waals surface area contributed by atoms with Crippen molar-refractivity contribution in [3.63, 3.8) is 0 Å². The van der Waals surface area contributed by atoms with Crippen molar-refractivity contribution in [3.05, 3.63) is 22.2 Å². The number of allylic oxidation sites excluding steroid dienone is 2. The van der Waals surface area contributed by atoms with Crippen LogP contribution in [0, 0.1) is 0 Å². The highest BCUT2D eigenvalue weighted by molar-refractivity contribution is 8.05. The van der Waals surface area contributed by atoms with Gasteiger partial charge < -0.3 is 5.32 Å². The summed E-state index contributed by atoms with van der Waals surface area (Å²) in [5.74, 6) is 0. The number of thioether (sulfide) groups is 1. The first-order chi connectivity index (χ1) is 6.88. The van der Waals surface area contributed by atoms with Crippen molar-refractivity contribution in [2.45, 2.75) is 52.4 Å². The number of nitrogens with one attached hydrogen (secondary N) is 1. The lowest BCUT2D eigenvalue weighted by Gasteiger charge is -2.17. The summed E-state index contributed by atoms with van der Waals surface area (Å²) < 4.78 is 0. The lowest BCUT2D eigenvalue weighted by atomic mass is 10.1. The molecule has 1 nitrogen and oxygen atoms in total. The molecule has 0 aliphatic carbocycles. The molecule has 1 heterocycles. The number of hydrogen-bond acceptors (Lipinski definition) is 2. The summed E-state index contributed by atoms with van der Waals surface area (Å²) in [5, 5.41) is 5.54. The summed E-state index contributed by atoms with van der Waals surface area (Å²) in [6.45, 7) is 4.50. The molecule has 0 spiro atoms. The average Bonchev–Trinajstić information content (AvgIpc) is 2.24. The SMILES string of the molecule is CCCCC1=C(CCCC)SC=CN1. The van der Waals surface area contributed by atoms with Gasteiger partial charge in [-0.1, -0.05) is 38.5 Å². The topological polar surface area (TPSA) is 12.0 Å². The van der Waals surface area contributed by atoms with E-state index in [4.69, 9.17) is 0 Å². The van der Waals surface area contributed by atoms with Crippen LogP contribution in [0.25, 0.3) is 0 Å². The normalized spacial score (nSPS) is 15.9. The van der Waals surface area contributed by atoms with Crippen LogP contribution in [-0.2, 0) is 0 Å². The van der Waals surface area contributed by atoms with E-state index in [9.17, 15) is 0 Å². The fourth-order valence-electron chi connectivity index (χ4n) is 1.51. The quantitative estimate of drug-likeness (QED) is 0.699. The molecule has 2 heteroatoms. The molecular weight excluding hydrogens is 190 g/mol. The van der Waals surface area contributed by atoms with E-state index in [-0.39, 0.29) is 0 Å². The van der Waals surface area contributed by atoms with Gasteiger partial charge in [-0.05, 0) is 31.1 Å². The van der Waals surface area contributed by atoms with Gasteiger partial charge in [0, 0.05) is 16.8 Å². The third-order valence-electron chi connectivity index (χ3n) is 2.41. The minimum absolute atomic E-state index is 1.22. The summed E-state index contributed by atoms with van der Waals surface area (Å²) in [7, 11) is 0. The zero-order valence-electron chi connectivity index (χ0n) is 9.31. The minimum Gasteiger partial charge on any atom is -0.364 e. The van der Waals surface area contributed by atoms with E-state index >= 15 is 0 Å². The first kappa shape index (κ1) is 11.7. The lowest BCUT2D eigenvalue weighted by molar-refractivity contribution is 0.733. The second-order valence-corrected chi connectivity index (χ2v) is 4.67. The number of rotatable bonds is 6. The Balaban J connectivity index is 2.47. The molecule has 1 N–H and O–H groups in total. The second-order valence-electron chi connectivity index (χ2n) is 3.67. The van der Waals surface area contributed by atoms with E-state index in [0.717, 1.165) is 0 Å². The molecule has 14 heavy (non-hydrogen) atoms. The van der Waals surface area contributed by atoms with Gasteiger partial charge in [0.05, 0.1) is 0 Å². The van der Waals surface area contributed by atoms with Gasteiger partial charge >= 0.3 is 0 Å². The minimum atomic E-state index is 1.22. The molecule has 0 saturated carbocycles. The van der Waals surface area contributed by atoms with E-state index in [1.54, 1.807) is 4.91 Å². The van der Waals surface area contributed by atoms with Crippen molar-refractivity contribution in [1.82, 2.24) is 5.32 Å². The van der Waals surface area contributed by atoms with Gasteiger partial charge in [-0.15, -0.1) is 0 Å². The van der Waals surface area contributed by atoms with Crippen LogP contribution >= 0.6 is 11.8 Å². The average molecular weight is 211 g/mol. The molecule has 1 aliphatic rings. The van der Waals surface area contributed by atoms with E-state index in [1.807, 2.05) is 11.8 Å². The fourth-order valence-corrected chi connectivity index (χ4v) is 2.38. The van der Waals surface area contributed by atoms with E-state index in [0.29, 0.717) is 0 Å². The predicted molar refractivity (Wildman–Crippen MR) is 65.9 cm³/mol. The Morgan fingerprint density at radius 2 is 1.86 bits per heavy atom. The fraction of sp³-hybridized carbons (Fsp3) is 0.667. The van der Waals surface area contributed by atoms with Crippen molar-refractivity contribution >= 4 is 11.8 Å². The van der Waals surface area contributed by atoms with Gasteiger partial charge in [-0.2, -0.15) is 0 Å². The summed E-state index contributed by atoms with van der Waals surface area (Å²) in [5.41, 5.74) is 1.47. The first-order valence-corrected chi connectivity index (χ1v) is 6.56. The molecule has 1 rings (SSSR count). The highest BCUT2D eigenvalue weighted by Gasteiger charge is 2.08. The maximum absolute atomic E-state index is 3.39. The van der Waals surface area contributed by atoms with Crippen LogP contribution in [0.4, 0.5) is 0 Å². The molecule has 0 aromatic heterocycles. The van der Waals surface area contributed by atoms with Crippen LogP contribution < -0.4 is 5.32 Å². The summed E-state index contributed by atoms with van der Waals surface area (Å²) in [6.07, 6.45) is 9.70. The van der Waals surface area contributed by atoms with Crippen molar-refractivity contribution in [3.8, 4) is 0 Å². The highest BCUT2D eigenvalue weighted by atomic mass is 32.2. The van der Waals surface area contributed by atoms with Crippen LogP contribution in [0.3, 0.4) is 0 Å². The third kappa shape index (κ3) is 3.79. The van der Waals surface area contributed by atoms with Crippen molar-refractivity contribution in [2.24, 2.45) is 0 Å². The Kier molecular flexibility index (Phi) is 5.85. The Morgan fingerprint density at radius 3 is 2.57 bits per heavy atom. The molecule has 0 radical (unpaired) electrons. The first-order valence-electron chi connectivity index (χ1n) is 5.68. The molecule has 0 bridgehead atoms. The maximum atomic E-state index is 3.39. The highest BCUT2D eigenvalue weighted by Crippen LogP contribution is 2.30. The standard InChI is InChI=1S/C12H21NS/c1-3-5-7-11-12(8-6-4-2)14-10-9-13-11/h9-10,13H,3-8H2,1-2H3. The summed E-state index contributed by atoms with van der Waals surface area (Å²) >= 11 is 1.90. The Bertz CT molecular complexity index is 196. The summed E-state index contributed by atoms with van der Waals surface area (Å²) in [4.78, 5) is 1.56. The van der Waals surface area contributed by atoms with Crippen LogP contribution in [0.15, 0.2) is 22.2 Å². The molecule has 0 unspecified atom stereocenters. The Labute approximate surface area is 92.0 Å². The van der Waals surface area contributed by atoms with Gasteiger partial charge in [0.1, 0.15) is 0 Å². The van der Waals surface area contributed by atoms with E-state index in [1.165, 1.54) is 44.2 Å². The van der Waals surface area contributed by atoms with Gasteiger partial charge in [-0.25, -0.2) is 0 Å². The zero-order valence-corrected chi connectivity index (χ0v) is 10.1. The molecule has 0 aromatic carbocycles. The van der Waals surface area contributed by atoms with Crippen LogP contribution in [-0.4, -0.2) is 0 Å². The molecular formula is C12H21NS. The molecule has 80 valence electrons. The van der Waals surface area contributed by atoms with Crippen molar-refractivity contribution < 1.29 is 0 Å². The predicted octanol–water partition coefficient (Wildman–Crippen LogP) is 4.39. The van der Waals surface area contributed by atoms with Crippen LogP contribution in [0.2, 0.25) is 0 Å². The summed E-state index contributed by atoms with van der Waals surface area (Å²) in [6, 6.07) is 0. The Hall–Kier alpha value is -0.370. The smallest absolute Gasteiger partial charge is 0.0246 e. The van der Waals surface area contributed by atoms with E-state index < -0.39 is 0 Å². The molecule has 0 saturated heterocycles. The van der Waals surface area contributed by atoms with Gasteiger partial charge in [0.15, 0.2) is 0 Å². The molecule has 0 fully saturated rings. The molecule has 0 amide bonds. The molecule has 0 atom stereocenters. The monoisotopic (exact) mass is 211 g/mol. The Morgan fingerprint density at radius 1 is 1.14 bits per heavy atom. The maximum Gasteiger partial charge on any atom is 0.0246 e. The number of unbranched alkanes of at least 4 members (excludes halogenated alkanes) is 2. The van der Waals surface area contributed by atoms with Gasteiger partial charge in [0.25, 0.3) is 0 Å². The number of hydrogen-bond donors (Lipinski definition) is 1. The second kappa shape index (κ2) is 6.99.